The lowest BCUT2D eigenvalue weighted by molar-refractivity contribution is 0.212. The van der Waals surface area contributed by atoms with Gasteiger partial charge in [-0.1, -0.05) is 18.2 Å². The van der Waals surface area contributed by atoms with Crippen molar-refractivity contribution in [1.29, 1.82) is 0 Å². The zero-order chi connectivity index (χ0) is 10.2. The average molecular weight is 207 g/mol. The summed E-state index contributed by atoms with van der Waals surface area (Å²) in [6.07, 6.45) is 0. The summed E-state index contributed by atoms with van der Waals surface area (Å²) in [5, 5.41) is 10.3. The van der Waals surface area contributed by atoms with E-state index in [1.807, 2.05) is 19.1 Å². The third-order valence-corrected chi connectivity index (χ3v) is 3.71. The molecule has 2 nitrogen and oxygen atoms in total. The number of fused-ring (bicyclic) bond motifs is 1. The maximum Gasteiger partial charge on any atom is 0.0709 e. The minimum atomic E-state index is -0.621. The van der Waals surface area contributed by atoms with Crippen LogP contribution in [0.25, 0.3) is 10.1 Å². The number of hydrogen-bond donors (Lipinski definition) is 2. The fraction of sp³-hybridized carbons (Fsp3) is 0.273. The molecule has 3 heteroatoms. The van der Waals surface area contributed by atoms with Gasteiger partial charge in [-0.2, -0.15) is 0 Å². The van der Waals surface area contributed by atoms with Crippen LogP contribution < -0.4 is 5.73 Å². The molecule has 0 aliphatic carbocycles. The largest absolute Gasteiger partial charge is 0.394 e. The van der Waals surface area contributed by atoms with Gasteiger partial charge < -0.3 is 10.8 Å². The molecule has 2 aromatic rings. The van der Waals surface area contributed by atoms with E-state index >= 15 is 0 Å². The summed E-state index contributed by atoms with van der Waals surface area (Å²) >= 11 is 1.64. The molecule has 0 saturated heterocycles. The van der Waals surface area contributed by atoms with Gasteiger partial charge >= 0.3 is 0 Å². The third-order valence-electron chi connectivity index (χ3n) is 2.32. The Hall–Kier alpha value is -0.900. The van der Waals surface area contributed by atoms with Gasteiger partial charge in [0.1, 0.15) is 0 Å². The van der Waals surface area contributed by atoms with Gasteiger partial charge in [-0.05, 0) is 24.4 Å². The number of aliphatic hydroxyl groups is 1. The van der Waals surface area contributed by atoms with Gasteiger partial charge in [0.25, 0.3) is 0 Å². The summed E-state index contributed by atoms with van der Waals surface area (Å²) in [7, 11) is 0. The molecule has 1 atom stereocenters. The lowest BCUT2D eigenvalue weighted by Crippen LogP contribution is -2.35. The maximum atomic E-state index is 9.15. The first kappa shape index (κ1) is 9.65. The van der Waals surface area contributed by atoms with Crippen molar-refractivity contribution in [3.8, 4) is 0 Å². The zero-order valence-electron chi connectivity index (χ0n) is 8.03. The lowest BCUT2D eigenvalue weighted by Gasteiger charge is -2.19. The van der Waals surface area contributed by atoms with E-state index in [9.17, 15) is 0 Å². The van der Waals surface area contributed by atoms with E-state index in [4.69, 9.17) is 10.8 Å². The summed E-state index contributed by atoms with van der Waals surface area (Å²) in [4.78, 5) is 1.03. The number of hydrogen-bond acceptors (Lipinski definition) is 3. The predicted octanol–water partition coefficient (Wildman–Crippen LogP) is 2.07. The number of benzene rings is 1. The van der Waals surface area contributed by atoms with Gasteiger partial charge in [0.2, 0.25) is 0 Å². The SMILES string of the molecule is C[C@@](N)(CO)c1cc2ccccc2s1. The molecule has 0 aliphatic rings. The number of nitrogens with two attached hydrogens (primary N) is 1. The second-order valence-electron chi connectivity index (χ2n) is 3.72. The molecular weight excluding hydrogens is 194 g/mol. The monoisotopic (exact) mass is 207 g/mol. The lowest BCUT2D eigenvalue weighted by atomic mass is 10.0. The Morgan fingerprint density at radius 3 is 2.79 bits per heavy atom. The molecule has 0 bridgehead atoms. The average Bonchev–Trinajstić information content (AvgIpc) is 2.61. The summed E-state index contributed by atoms with van der Waals surface area (Å²) < 4.78 is 1.22. The van der Waals surface area contributed by atoms with Crippen LogP contribution in [0.4, 0.5) is 0 Å². The van der Waals surface area contributed by atoms with Crippen LogP contribution in [0.1, 0.15) is 11.8 Å². The molecule has 3 N–H and O–H groups in total. The summed E-state index contributed by atoms with van der Waals surface area (Å²) in [6.45, 7) is 1.82. The molecule has 1 heterocycles. The highest BCUT2D eigenvalue weighted by Gasteiger charge is 2.22. The van der Waals surface area contributed by atoms with Crippen LogP contribution >= 0.6 is 11.3 Å². The van der Waals surface area contributed by atoms with Gasteiger partial charge in [0, 0.05) is 9.58 Å². The molecule has 2 rings (SSSR count). The molecule has 0 amide bonds. The Labute approximate surface area is 87.0 Å². The highest BCUT2D eigenvalue weighted by atomic mass is 32.1. The topological polar surface area (TPSA) is 46.2 Å². The van der Waals surface area contributed by atoms with E-state index in [0.717, 1.165) is 4.88 Å². The zero-order valence-corrected chi connectivity index (χ0v) is 8.84. The Kier molecular flexibility index (Phi) is 2.31. The minimum Gasteiger partial charge on any atom is -0.394 e. The number of rotatable bonds is 2. The molecule has 0 radical (unpaired) electrons. The van der Waals surface area contributed by atoms with Crippen LogP contribution in [0.5, 0.6) is 0 Å². The summed E-state index contributed by atoms with van der Waals surface area (Å²) in [5.74, 6) is 0. The smallest absolute Gasteiger partial charge is 0.0709 e. The highest BCUT2D eigenvalue weighted by molar-refractivity contribution is 7.19. The fourth-order valence-electron chi connectivity index (χ4n) is 1.34. The minimum absolute atomic E-state index is 0.0280. The molecule has 0 spiro atoms. The maximum absolute atomic E-state index is 9.15. The van der Waals surface area contributed by atoms with E-state index in [0.29, 0.717) is 0 Å². The van der Waals surface area contributed by atoms with E-state index < -0.39 is 5.54 Å². The van der Waals surface area contributed by atoms with Gasteiger partial charge in [-0.25, -0.2) is 0 Å². The van der Waals surface area contributed by atoms with E-state index in [2.05, 4.69) is 18.2 Å². The van der Waals surface area contributed by atoms with Crippen LogP contribution in [-0.2, 0) is 5.54 Å². The van der Waals surface area contributed by atoms with E-state index in [-0.39, 0.29) is 6.61 Å². The van der Waals surface area contributed by atoms with Gasteiger partial charge in [-0.3, -0.25) is 0 Å². The van der Waals surface area contributed by atoms with Crippen molar-refractivity contribution in [3.63, 3.8) is 0 Å². The molecule has 1 aromatic heterocycles. The van der Waals surface area contributed by atoms with Crippen LogP contribution in [0.15, 0.2) is 30.3 Å². The van der Waals surface area contributed by atoms with Crippen LogP contribution in [-0.4, -0.2) is 11.7 Å². The summed E-state index contributed by atoms with van der Waals surface area (Å²) in [5.41, 5.74) is 5.34. The van der Waals surface area contributed by atoms with Gasteiger partial charge in [-0.15, -0.1) is 11.3 Å². The summed E-state index contributed by atoms with van der Waals surface area (Å²) in [6, 6.07) is 10.2. The number of thiophene rings is 1. The molecular formula is C11H13NOS. The van der Waals surface area contributed by atoms with Crippen LogP contribution in [0, 0.1) is 0 Å². The van der Waals surface area contributed by atoms with Crippen LogP contribution in [0.2, 0.25) is 0 Å². The van der Waals surface area contributed by atoms with E-state index in [1.165, 1.54) is 10.1 Å². The molecule has 1 aromatic carbocycles. The molecule has 0 saturated carbocycles. The van der Waals surface area contributed by atoms with Crippen molar-refractivity contribution in [2.24, 2.45) is 5.73 Å². The Balaban J connectivity index is 2.55. The van der Waals surface area contributed by atoms with Crippen molar-refractivity contribution in [1.82, 2.24) is 0 Å². The van der Waals surface area contributed by atoms with Gasteiger partial charge in [0.05, 0.1) is 12.1 Å². The standard InChI is InChI=1S/C11H13NOS/c1-11(12,7-13)10-6-8-4-2-3-5-9(8)14-10/h2-6,13H,7,12H2,1H3/t11-/m1/s1. The van der Waals surface area contributed by atoms with Crippen molar-refractivity contribution in [2.75, 3.05) is 6.61 Å². The molecule has 14 heavy (non-hydrogen) atoms. The van der Waals surface area contributed by atoms with Crippen molar-refractivity contribution >= 4 is 21.4 Å². The predicted molar refractivity (Wildman–Crippen MR) is 60.5 cm³/mol. The molecule has 0 fully saturated rings. The molecule has 0 aliphatic heterocycles. The molecule has 0 unspecified atom stereocenters. The van der Waals surface area contributed by atoms with Crippen molar-refractivity contribution in [3.05, 3.63) is 35.2 Å². The third kappa shape index (κ3) is 1.54. The first-order chi connectivity index (χ1) is 6.63. The second-order valence-corrected chi connectivity index (χ2v) is 4.81. The Morgan fingerprint density at radius 1 is 1.43 bits per heavy atom. The van der Waals surface area contributed by atoms with Crippen molar-refractivity contribution in [2.45, 2.75) is 12.5 Å². The first-order valence-electron chi connectivity index (χ1n) is 4.52. The second kappa shape index (κ2) is 3.35. The normalized spacial score (nSPS) is 15.6. The first-order valence-corrected chi connectivity index (χ1v) is 5.34. The Morgan fingerprint density at radius 2 is 2.14 bits per heavy atom. The molecule has 74 valence electrons. The highest BCUT2D eigenvalue weighted by Crippen LogP contribution is 2.31. The van der Waals surface area contributed by atoms with E-state index in [1.54, 1.807) is 11.3 Å². The Bertz CT molecular complexity index is 414. The van der Waals surface area contributed by atoms with Crippen LogP contribution in [0.3, 0.4) is 0 Å². The number of aliphatic hydroxyl groups excluding tert-OH is 1. The van der Waals surface area contributed by atoms with Crippen molar-refractivity contribution < 1.29 is 5.11 Å². The quantitative estimate of drug-likeness (QED) is 0.792. The van der Waals surface area contributed by atoms with Gasteiger partial charge in [0.15, 0.2) is 0 Å². The fourth-order valence-corrected chi connectivity index (χ4v) is 2.45.